The van der Waals surface area contributed by atoms with Crippen LogP contribution in [0.3, 0.4) is 0 Å². The summed E-state index contributed by atoms with van der Waals surface area (Å²) in [6, 6.07) is 1.86. The van der Waals surface area contributed by atoms with Crippen LogP contribution < -0.4 is 15.2 Å². The Balaban J connectivity index is 3.51. The Morgan fingerprint density at radius 2 is 1.76 bits per heavy atom. The van der Waals surface area contributed by atoms with Crippen molar-refractivity contribution in [1.29, 1.82) is 0 Å². The summed E-state index contributed by atoms with van der Waals surface area (Å²) in [5, 5.41) is 18.3. The standard InChI is InChI=1S/C11H15F2NO6S/c1-19-7-4-9(21(17,18)10(12)13)8(20-2)3-6(7)5-11(14,15)16/h3-4,10,15-16H,5,14H2,1-2H3. The Bertz CT molecular complexity index is 612. The van der Waals surface area contributed by atoms with Gasteiger partial charge in [-0.05, 0) is 6.07 Å². The van der Waals surface area contributed by atoms with E-state index < -0.39 is 32.8 Å². The molecule has 0 atom stereocenters. The van der Waals surface area contributed by atoms with Gasteiger partial charge in [0.05, 0.1) is 14.2 Å². The van der Waals surface area contributed by atoms with Crippen LogP contribution in [0.15, 0.2) is 17.0 Å². The fourth-order valence-electron chi connectivity index (χ4n) is 1.67. The molecule has 4 N–H and O–H groups in total. The van der Waals surface area contributed by atoms with Gasteiger partial charge in [0.2, 0.25) is 15.7 Å². The van der Waals surface area contributed by atoms with Gasteiger partial charge < -0.3 is 19.7 Å². The number of alkyl halides is 2. The second-order valence-corrected chi connectivity index (χ2v) is 6.06. The number of benzene rings is 1. The average Bonchev–Trinajstić information content (AvgIpc) is 2.35. The smallest absolute Gasteiger partial charge is 0.341 e. The quantitative estimate of drug-likeness (QED) is 0.621. The third kappa shape index (κ3) is 4.00. The van der Waals surface area contributed by atoms with Crippen LogP contribution in [-0.4, -0.2) is 44.5 Å². The van der Waals surface area contributed by atoms with Gasteiger partial charge in [-0.25, -0.2) is 8.42 Å². The molecule has 0 fully saturated rings. The van der Waals surface area contributed by atoms with Crippen LogP contribution in [0, 0.1) is 0 Å². The maximum absolute atomic E-state index is 12.6. The number of halogens is 2. The Kier molecular flexibility index (Phi) is 5.10. The predicted octanol–water partition coefficient (Wildman–Crippen LogP) is -0.160. The fourth-order valence-corrected chi connectivity index (χ4v) is 2.56. The predicted molar refractivity (Wildman–Crippen MR) is 67.8 cm³/mol. The SMILES string of the molecule is COc1cc(S(=O)(=O)C(F)F)c(OC)cc1CC(N)(O)O. The van der Waals surface area contributed by atoms with Crippen LogP contribution >= 0.6 is 0 Å². The molecule has 120 valence electrons. The van der Waals surface area contributed by atoms with Crippen molar-refractivity contribution in [1.82, 2.24) is 0 Å². The van der Waals surface area contributed by atoms with Crippen LogP contribution in [0.1, 0.15) is 5.56 Å². The van der Waals surface area contributed by atoms with Gasteiger partial charge in [-0.3, -0.25) is 5.73 Å². The molecule has 0 aliphatic heterocycles. The van der Waals surface area contributed by atoms with Crippen molar-refractivity contribution in [2.75, 3.05) is 14.2 Å². The summed E-state index contributed by atoms with van der Waals surface area (Å²) in [6.07, 6.45) is -0.526. The maximum atomic E-state index is 12.6. The summed E-state index contributed by atoms with van der Waals surface area (Å²) < 4.78 is 58.0. The zero-order chi connectivity index (χ0) is 16.4. The van der Waals surface area contributed by atoms with E-state index in [2.05, 4.69) is 0 Å². The maximum Gasteiger partial charge on any atom is 0.341 e. The molecule has 0 aliphatic carbocycles. The summed E-state index contributed by atoms with van der Waals surface area (Å²) in [7, 11) is -2.66. The summed E-state index contributed by atoms with van der Waals surface area (Å²) in [5.74, 6) is -6.74. The highest BCUT2D eigenvalue weighted by atomic mass is 32.2. The second kappa shape index (κ2) is 6.10. The minimum Gasteiger partial charge on any atom is -0.496 e. The third-order valence-corrected chi connectivity index (χ3v) is 3.96. The molecule has 0 saturated carbocycles. The van der Waals surface area contributed by atoms with E-state index in [0.29, 0.717) is 0 Å². The van der Waals surface area contributed by atoms with E-state index in [-0.39, 0.29) is 17.1 Å². The Labute approximate surface area is 119 Å². The summed E-state index contributed by atoms with van der Waals surface area (Å²) in [4.78, 5) is -0.765. The first-order valence-electron chi connectivity index (χ1n) is 5.53. The highest BCUT2D eigenvalue weighted by Crippen LogP contribution is 2.35. The average molecular weight is 327 g/mol. The number of nitrogens with two attached hydrogens (primary N) is 1. The van der Waals surface area contributed by atoms with E-state index in [1.807, 2.05) is 0 Å². The lowest BCUT2D eigenvalue weighted by atomic mass is 10.1. The molecular weight excluding hydrogens is 312 g/mol. The molecular formula is C11H15F2NO6S. The Hall–Kier alpha value is -1.49. The monoisotopic (exact) mass is 327 g/mol. The van der Waals surface area contributed by atoms with Gasteiger partial charge in [0.25, 0.3) is 0 Å². The molecule has 21 heavy (non-hydrogen) atoms. The molecule has 1 rings (SSSR count). The normalized spacial score (nSPS) is 12.6. The van der Waals surface area contributed by atoms with E-state index in [9.17, 15) is 27.4 Å². The number of aliphatic hydroxyl groups is 2. The third-order valence-electron chi connectivity index (χ3n) is 2.56. The van der Waals surface area contributed by atoms with Crippen molar-refractivity contribution in [2.45, 2.75) is 23.0 Å². The molecule has 1 aromatic rings. The highest BCUT2D eigenvalue weighted by Gasteiger charge is 2.32. The van der Waals surface area contributed by atoms with Crippen molar-refractivity contribution in [3.8, 4) is 11.5 Å². The zero-order valence-electron chi connectivity index (χ0n) is 11.2. The van der Waals surface area contributed by atoms with Gasteiger partial charge in [-0.15, -0.1) is 0 Å². The molecule has 0 amide bonds. The Morgan fingerprint density at radius 1 is 1.24 bits per heavy atom. The Morgan fingerprint density at radius 3 is 2.14 bits per heavy atom. The lowest BCUT2D eigenvalue weighted by Gasteiger charge is -2.19. The molecule has 0 bridgehead atoms. The molecule has 0 aromatic heterocycles. The largest absolute Gasteiger partial charge is 0.496 e. The van der Waals surface area contributed by atoms with Gasteiger partial charge in [0.15, 0.2) is 0 Å². The van der Waals surface area contributed by atoms with Gasteiger partial charge in [-0.2, -0.15) is 8.78 Å². The molecule has 0 aliphatic rings. The van der Waals surface area contributed by atoms with Crippen LogP contribution in [0.5, 0.6) is 11.5 Å². The van der Waals surface area contributed by atoms with Crippen molar-refractivity contribution in [2.24, 2.45) is 5.73 Å². The zero-order valence-corrected chi connectivity index (χ0v) is 12.0. The molecule has 0 spiro atoms. The van der Waals surface area contributed by atoms with Crippen molar-refractivity contribution in [3.05, 3.63) is 17.7 Å². The highest BCUT2D eigenvalue weighted by molar-refractivity contribution is 7.91. The summed E-state index contributed by atoms with van der Waals surface area (Å²) in [6.45, 7) is 0. The van der Waals surface area contributed by atoms with Crippen LogP contribution in [0.2, 0.25) is 0 Å². The number of ether oxygens (including phenoxy) is 2. The van der Waals surface area contributed by atoms with Crippen LogP contribution in [0.25, 0.3) is 0 Å². The minimum atomic E-state index is -4.91. The molecule has 0 heterocycles. The van der Waals surface area contributed by atoms with Gasteiger partial charge in [-0.1, -0.05) is 0 Å². The van der Waals surface area contributed by atoms with Gasteiger partial charge >= 0.3 is 5.76 Å². The number of hydrogen-bond acceptors (Lipinski definition) is 7. The molecule has 0 unspecified atom stereocenters. The van der Waals surface area contributed by atoms with Crippen molar-refractivity contribution < 1.29 is 36.9 Å². The molecule has 1 aromatic carbocycles. The topological polar surface area (TPSA) is 119 Å². The molecule has 0 radical (unpaired) electrons. The van der Waals surface area contributed by atoms with E-state index >= 15 is 0 Å². The van der Waals surface area contributed by atoms with Gasteiger partial charge in [0, 0.05) is 18.1 Å². The van der Waals surface area contributed by atoms with E-state index in [0.717, 1.165) is 26.4 Å². The molecule has 10 heteroatoms. The first-order chi connectivity index (χ1) is 9.52. The number of methoxy groups -OCH3 is 2. The van der Waals surface area contributed by atoms with E-state index in [1.54, 1.807) is 0 Å². The van der Waals surface area contributed by atoms with E-state index in [1.165, 1.54) is 0 Å². The first-order valence-corrected chi connectivity index (χ1v) is 7.08. The first kappa shape index (κ1) is 17.6. The van der Waals surface area contributed by atoms with Crippen molar-refractivity contribution in [3.63, 3.8) is 0 Å². The minimum absolute atomic E-state index is 0.0788. The molecule has 7 nitrogen and oxygen atoms in total. The van der Waals surface area contributed by atoms with Crippen molar-refractivity contribution >= 4 is 9.84 Å². The van der Waals surface area contributed by atoms with E-state index in [4.69, 9.17) is 15.2 Å². The summed E-state index contributed by atoms with van der Waals surface area (Å²) in [5.41, 5.74) is 5.11. The number of rotatable bonds is 6. The number of hydrogen-bond donors (Lipinski definition) is 3. The van der Waals surface area contributed by atoms with Crippen LogP contribution in [0.4, 0.5) is 8.78 Å². The summed E-state index contributed by atoms with van der Waals surface area (Å²) >= 11 is 0. The number of sulfone groups is 1. The lowest BCUT2D eigenvalue weighted by molar-refractivity contribution is -0.153. The van der Waals surface area contributed by atoms with Gasteiger partial charge in [0.1, 0.15) is 16.4 Å². The second-order valence-electron chi connectivity index (χ2n) is 4.18. The lowest BCUT2D eigenvalue weighted by Crippen LogP contribution is -2.41. The van der Waals surface area contributed by atoms with Crippen LogP contribution in [-0.2, 0) is 16.3 Å². The molecule has 0 saturated heterocycles. The fraction of sp³-hybridized carbons (Fsp3) is 0.455.